The molecule has 1 N–H and O–H groups in total. The monoisotopic (exact) mass is 315 g/mol. The zero-order valence-electron chi connectivity index (χ0n) is 12.9. The summed E-state index contributed by atoms with van der Waals surface area (Å²) in [7, 11) is 1.76. The van der Waals surface area contributed by atoms with Gasteiger partial charge in [0, 0.05) is 25.7 Å². The Kier molecular flexibility index (Phi) is 4.01. The molecule has 1 atom stereocenters. The van der Waals surface area contributed by atoms with Crippen molar-refractivity contribution >= 4 is 17.5 Å². The van der Waals surface area contributed by atoms with E-state index in [0.717, 1.165) is 5.56 Å². The summed E-state index contributed by atoms with van der Waals surface area (Å²) in [5, 5.41) is 2.76. The van der Waals surface area contributed by atoms with Crippen molar-refractivity contribution in [3.8, 4) is 5.75 Å². The number of nitrogens with zero attached hydrogens (tertiary/aromatic N) is 2. The van der Waals surface area contributed by atoms with E-state index in [9.17, 15) is 9.59 Å². The average Bonchev–Trinajstić information content (AvgIpc) is 3.16. The van der Waals surface area contributed by atoms with Crippen LogP contribution < -0.4 is 10.1 Å². The highest BCUT2D eigenvalue weighted by Crippen LogP contribution is 2.24. The van der Waals surface area contributed by atoms with Crippen LogP contribution in [-0.4, -0.2) is 41.4 Å². The van der Waals surface area contributed by atoms with Crippen molar-refractivity contribution in [2.45, 2.75) is 19.4 Å². The molecule has 1 aliphatic heterocycles. The van der Waals surface area contributed by atoms with Crippen LogP contribution in [-0.2, 0) is 4.79 Å². The number of aromatic nitrogens is 1. The maximum Gasteiger partial charge on any atom is 0.277 e. The Bertz CT molecular complexity index is 727. The number of likely N-dealkylation sites (tertiary alicyclic amines) is 1. The van der Waals surface area contributed by atoms with Gasteiger partial charge in [-0.15, -0.1) is 0 Å². The number of likely N-dealkylation sites (N-methyl/N-ethyl adjacent to an activating group) is 1. The van der Waals surface area contributed by atoms with Gasteiger partial charge in [0.25, 0.3) is 11.8 Å². The fourth-order valence-electron chi connectivity index (χ4n) is 2.42. The number of rotatable bonds is 4. The maximum atomic E-state index is 12.0. The highest BCUT2D eigenvalue weighted by molar-refractivity contribution is 6.03. The van der Waals surface area contributed by atoms with Crippen molar-refractivity contribution < 1.29 is 18.7 Å². The van der Waals surface area contributed by atoms with Gasteiger partial charge in [0.1, 0.15) is 12.0 Å². The van der Waals surface area contributed by atoms with E-state index in [1.807, 2.05) is 6.92 Å². The first-order valence-corrected chi connectivity index (χ1v) is 7.26. The number of oxazole rings is 1. The summed E-state index contributed by atoms with van der Waals surface area (Å²) in [4.78, 5) is 29.3. The van der Waals surface area contributed by atoms with Crippen LogP contribution in [0.3, 0.4) is 0 Å². The lowest BCUT2D eigenvalue weighted by Gasteiger charge is -2.14. The predicted octanol–water partition coefficient (Wildman–Crippen LogP) is 1.84. The zero-order chi connectivity index (χ0) is 16.4. The Hall–Kier alpha value is -2.83. The van der Waals surface area contributed by atoms with Crippen molar-refractivity contribution in [2.24, 2.45) is 0 Å². The van der Waals surface area contributed by atoms with Crippen molar-refractivity contribution in [3.63, 3.8) is 0 Å². The summed E-state index contributed by atoms with van der Waals surface area (Å²) < 4.78 is 10.5. The van der Waals surface area contributed by atoms with Crippen LogP contribution >= 0.6 is 0 Å². The van der Waals surface area contributed by atoms with Crippen molar-refractivity contribution in [1.29, 1.82) is 0 Å². The minimum absolute atomic E-state index is 0.00827. The molecule has 0 spiro atoms. The third-order valence-electron chi connectivity index (χ3n) is 3.77. The molecule has 1 fully saturated rings. The van der Waals surface area contributed by atoms with E-state index in [2.05, 4.69) is 10.3 Å². The van der Waals surface area contributed by atoms with E-state index >= 15 is 0 Å². The van der Waals surface area contributed by atoms with Crippen LogP contribution in [0.4, 0.5) is 5.69 Å². The second kappa shape index (κ2) is 6.12. The minimum Gasteiger partial charge on any atom is -0.481 e. The smallest absolute Gasteiger partial charge is 0.277 e. The summed E-state index contributed by atoms with van der Waals surface area (Å²) in [5.41, 5.74) is 1.70. The average molecular weight is 315 g/mol. The first kappa shape index (κ1) is 15.1. The third-order valence-corrected chi connectivity index (χ3v) is 3.77. The first-order chi connectivity index (χ1) is 11.0. The van der Waals surface area contributed by atoms with Gasteiger partial charge < -0.3 is 19.4 Å². The maximum absolute atomic E-state index is 12.0. The van der Waals surface area contributed by atoms with Crippen LogP contribution in [0.2, 0.25) is 0 Å². The number of ether oxygens (including phenoxy) is 1. The van der Waals surface area contributed by atoms with E-state index in [4.69, 9.17) is 9.15 Å². The van der Waals surface area contributed by atoms with Gasteiger partial charge >= 0.3 is 0 Å². The highest BCUT2D eigenvalue weighted by atomic mass is 16.5. The van der Waals surface area contributed by atoms with Gasteiger partial charge in [-0.2, -0.15) is 0 Å². The number of hydrogen-bond donors (Lipinski definition) is 1. The number of benzene rings is 1. The Balaban J connectivity index is 1.68. The summed E-state index contributed by atoms with van der Waals surface area (Å²) in [6, 6.07) is 5.27. The summed E-state index contributed by atoms with van der Waals surface area (Å²) >= 11 is 0. The van der Waals surface area contributed by atoms with Crippen LogP contribution in [0, 0.1) is 6.92 Å². The molecule has 1 aromatic carbocycles. The lowest BCUT2D eigenvalue weighted by molar-refractivity contribution is -0.132. The van der Waals surface area contributed by atoms with Crippen molar-refractivity contribution in [2.75, 3.05) is 18.9 Å². The zero-order valence-corrected chi connectivity index (χ0v) is 12.9. The molecule has 0 aliphatic carbocycles. The van der Waals surface area contributed by atoms with Crippen LogP contribution in [0.15, 0.2) is 35.3 Å². The van der Waals surface area contributed by atoms with Crippen molar-refractivity contribution in [1.82, 2.24) is 9.88 Å². The van der Waals surface area contributed by atoms with E-state index in [1.54, 1.807) is 30.1 Å². The lowest BCUT2D eigenvalue weighted by atomic mass is 10.2. The summed E-state index contributed by atoms with van der Waals surface area (Å²) in [5.74, 6) is 0.254. The molecule has 120 valence electrons. The van der Waals surface area contributed by atoms with E-state index in [1.165, 1.54) is 12.7 Å². The van der Waals surface area contributed by atoms with Crippen LogP contribution in [0.25, 0.3) is 0 Å². The summed E-state index contributed by atoms with van der Waals surface area (Å²) in [6.45, 7) is 2.56. The Morgan fingerprint density at radius 1 is 1.48 bits per heavy atom. The Morgan fingerprint density at radius 2 is 2.30 bits per heavy atom. The SMILES string of the molecule is Cc1cc(O[C@H]2CCN(C)C2=O)ccc1NC(=O)c1cocn1. The number of nitrogens with one attached hydrogen (secondary N) is 1. The fourth-order valence-corrected chi connectivity index (χ4v) is 2.42. The number of hydrogen-bond acceptors (Lipinski definition) is 5. The molecular formula is C16H17N3O4. The van der Waals surface area contributed by atoms with Gasteiger partial charge in [0.05, 0.1) is 0 Å². The molecule has 2 amide bonds. The number of carbonyl (C=O) groups is 2. The molecule has 0 saturated carbocycles. The molecule has 2 aromatic rings. The molecule has 23 heavy (non-hydrogen) atoms. The topological polar surface area (TPSA) is 84.7 Å². The summed E-state index contributed by atoms with van der Waals surface area (Å²) in [6.07, 6.45) is 2.73. The first-order valence-electron chi connectivity index (χ1n) is 7.26. The molecule has 0 radical (unpaired) electrons. The van der Waals surface area contributed by atoms with Crippen molar-refractivity contribution in [3.05, 3.63) is 42.1 Å². The highest BCUT2D eigenvalue weighted by Gasteiger charge is 2.30. The molecular weight excluding hydrogens is 298 g/mol. The van der Waals surface area contributed by atoms with Gasteiger partial charge in [0.2, 0.25) is 0 Å². The van der Waals surface area contributed by atoms with Gasteiger partial charge in [0.15, 0.2) is 18.2 Å². The van der Waals surface area contributed by atoms with E-state index in [0.29, 0.717) is 24.4 Å². The molecule has 3 rings (SSSR count). The second-order valence-corrected chi connectivity index (χ2v) is 5.46. The number of anilines is 1. The molecule has 1 aromatic heterocycles. The van der Waals surface area contributed by atoms with Gasteiger partial charge in [-0.25, -0.2) is 4.98 Å². The molecule has 2 heterocycles. The normalized spacial score (nSPS) is 17.4. The largest absolute Gasteiger partial charge is 0.481 e. The van der Waals surface area contributed by atoms with Crippen LogP contribution in [0.5, 0.6) is 5.75 Å². The molecule has 1 saturated heterocycles. The Morgan fingerprint density at radius 3 is 2.91 bits per heavy atom. The second-order valence-electron chi connectivity index (χ2n) is 5.46. The quantitative estimate of drug-likeness (QED) is 0.930. The molecule has 7 heteroatoms. The predicted molar refractivity (Wildman–Crippen MR) is 82.3 cm³/mol. The van der Waals surface area contributed by atoms with Gasteiger partial charge in [-0.05, 0) is 30.7 Å². The Labute approximate surface area is 133 Å². The van der Waals surface area contributed by atoms with E-state index in [-0.39, 0.29) is 17.5 Å². The lowest BCUT2D eigenvalue weighted by Crippen LogP contribution is -2.29. The van der Waals surface area contributed by atoms with Gasteiger partial charge in [-0.1, -0.05) is 0 Å². The fraction of sp³-hybridized carbons (Fsp3) is 0.312. The molecule has 7 nitrogen and oxygen atoms in total. The van der Waals surface area contributed by atoms with E-state index < -0.39 is 6.10 Å². The number of aryl methyl sites for hydroxylation is 1. The van der Waals surface area contributed by atoms with Gasteiger partial charge in [-0.3, -0.25) is 9.59 Å². The molecule has 0 unspecified atom stereocenters. The minimum atomic E-state index is -0.435. The standard InChI is InChI=1S/C16H17N3O4/c1-10-7-11(23-14-5-6-19(2)16(14)21)3-4-12(10)18-15(20)13-8-22-9-17-13/h3-4,7-9,14H,5-6H2,1-2H3,(H,18,20)/t14-/m0/s1. The molecule has 0 bridgehead atoms. The van der Waals surface area contributed by atoms with Crippen LogP contribution in [0.1, 0.15) is 22.5 Å². The number of carbonyl (C=O) groups excluding carboxylic acids is 2. The molecule has 1 aliphatic rings. The third kappa shape index (κ3) is 3.18. The number of amides is 2.